The SMILES string of the molecule is C1=CC2(CCC1N1CCCC1)CCN(c1ncccn1)CC2. The van der Waals surface area contributed by atoms with E-state index in [1.165, 1.54) is 51.6 Å². The number of piperidine rings is 1. The van der Waals surface area contributed by atoms with Crippen LogP contribution in [0.4, 0.5) is 5.95 Å². The molecule has 3 aliphatic rings. The molecule has 118 valence electrons. The van der Waals surface area contributed by atoms with E-state index in [0.717, 1.165) is 19.0 Å². The Hall–Kier alpha value is -1.42. The number of likely N-dealkylation sites (tertiary alicyclic amines) is 1. The fraction of sp³-hybridized carbons (Fsp3) is 0.667. The number of allylic oxidation sites excluding steroid dienone is 1. The number of nitrogens with zero attached hydrogens (tertiary/aromatic N) is 4. The first-order valence-electron chi connectivity index (χ1n) is 8.80. The van der Waals surface area contributed by atoms with Crippen LogP contribution in [0.2, 0.25) is 0 Å². The molecule has 0 bridgehead atoms. The molecule has 0 aromatic carbocycles. The van der Waals surface area contributed by atoms with Gasteiger partial charge in [-0.15, -0.1) is 0 Å². The Bertz CT molecular complexity index is 513. The van der Waals surface area contributed by atoms with E-state index in [-0.39, 0.29) is 0 Å². The van der Waals surface area contributed by atoms with E-state index < -0.39 is 0 Å². The van der Waals surface area contributed by atoms with Crippen LogP contribution in [0.3, 0.4) is 0 Å². The van der Waals surface area contributed by atoms with Crippen molar-refractivity contribution in [1.29, 1.82) is 0 Å². The molecular weight excluding hydrogens is 272 g/mol. The first-order chi connectivity index (χ1) is 10.8. The van der Waals surface area contributed by atoms with Gasteiger partial charge in [-0.2, -0.15) is 0 Å². The van der Waals surface area contributed by atoms with Gasteiger partial charge in [0.15, 0.2) is 0 Å². The molecule has 4 rings (SSSR count). The van der Waals surface area contributed by atoms with Gasteiger partial charge in [-0.25, -0.2) is 9.97 Å². The zero-order valence-corrected chi connectivity index (χ0v) is 13.3. The van der Waals surface area contributed by atoms with Crippen LogP contribution in [-0.2, 0) is 0 Å². The van der Waals surface area contributed by atoms with Gasteiger partial charge in [0, 0.05) is 31.5 Å². The lowest BCUT2D eigenvalue weighted by molar-refractivity contribution is 0.193. The Morgan fingerprint density at radius 2 is 1.68 bits per heavy atom. The maximum atomic E-state index is 4.39. The maximum absolute atomic E-state index is 4.39. The predicted molar refractivity (Wildman–Crippen MR) is 88.9 cm³/mol. The Labute approximate surface area is 133 Å². The molecule has 4 heteroatoms. The molecule has 2 fully saturated rings. The summed E-state index contributed by atoms with van der Waals surface area (Å²) < 4.78 is 0. The lowest BCUT2D eigenvalue weighted by atomic mass is 9.71. The van der Waals surface area contributed by atoms with E-state index in [1.54, 1.807) is 0 Å². The molecular formula is C18H26N4. The Balaban J connectivity index is 1.38. The van der Waals surface area contributed by atoms with Crippen LogP contribution in [0.25, 0.3) is 0 Å². The van der Waals surface area contributed by atoms with Crippen molar-refractivity contribution in [2.75, 3.05) is 31.1 Å². The third kappa shape index (κ3) is 2.76. The van der Waals surface area contributed by atoms with E-state index in [4.69, 9.17) is 0 Å². The Morgan fingerprint density at radius 1 is 0.955 bits per heavy atom. The van der Waals surface area contributed by atoms with E-state index in [0.29, 0.717) is 11.5 Å². The fourth-order valence-electron chi connectivity index (χ4n) is 4.33. The second-order valence-corrected chi connectivity index (χ2v) is 7.11. The van der Waals surface area contributed by atoms with Gasteiger partial charge in [0.1, 0.15) is 0 Å². The Morgan fingerprint density at radius 3 is 2.32 bits per heavy atom. The van der Waals surface area contributed by atoms with Crippen molar-refractivity contribution in [3.8, 4) is 0 Å². The molecule has 0 saturated carbocycles. The summed E-state index contributed by atoms with van der Waals surface area (Å²) in [7, 11) is 0. The first-order valence-corrected chi connectivity index (χ1v) is 8.80. The summed E-state index contributed by atoms with van der Waals surface area (Å²) in [5.41, 5.74) is 0.446. The fourth-order valence-corrected chi connectivity index (χ4v) is 4.33. The van der Waals surface area contributed by atoms with E-state index in [1.807, 2.05) is 18.5 Å². The average molecular weight is 298 g/mol. The quantitative estimate of drug-likeness (QED) is 0.786. The summed E-state index contributed by atoms with van der Waals surface area (Å²) >= 11 is 0. The van der Waals surface area contributed by atoms with Gasteiger partial charge in [0.25, 0.3) is 0 Å². The molecule has 3 heterocycles. The molecule has 1 aliphatic carbocycles. The molecule has 4 nitrogen and oxygen atoms in total. The highest BCUT2D eigenvalue weighted by Crippen LogP contribution is 2.42. The minimum absolute atomic E-state index is 0.446. The molecule has 1 spiro atoms. The van der Waals surface area contributed by atoms with Crippen molar-refractivity contribution < 1.29 is 0 Å². The predicted octanol–water partition coefficient (Wildman–Crippen LogP) is 2.88. The summed E-state index contributed by atoms with van der Waals surface area (Å²) in [6.45, 7) is 4.79. The van der Waals surface area contributed by atoms with E-state index in [9.17, 15) is 0 Å². The molecule has 2 aliphatic heterocycles. The highest BCUT2D eigenvalue weighted by Gasteiger charge is 2.36. The third-order valence-corrected chi connectivity index (χ3v) is 5.81. The van der Waals surface area contributed by atoms with Crippen molar-refractivity contribution >= 4 is 5.95 Å². The second-order valence-electron chi connectivity index (χ2n) is 7.11. The molecule has 1 atom stereocenters. The van der Waals surface area contributed by atoms with Gasteiger partial charge < -0.3 is 4.90 Å². The van der Waals surface area contributed by atoms with Crippen molar-refractivity contribution in [3.63, 3.8) is 0 Å². The minimum Gasteiger partial charge on any atom is -0.341 e. The Kier molecular flexibility index (Phi) is 3.87. The normalized spacial score (nSPS) is 28.4. The van der Waals surface area contributed by atoms with Crippen molar-refractivity contribution in [2.45, 2.75) is 44.6 Å². The van der Waals surface area contributed by atoms with E-state index >= 15 is 0 Å². The molecule has 1 aromatic rings. The van der Waals surface area contributed by atoms with Crippen LogP contribution in [0, 0.1) is 5.41 Å². The van der Waals surface area contributed by atoms with Gasteiger partial charge in [-0.3, -0.25) is 4.90 Å². The van der Waals surface area contributed by atoms with Crippen LogP contribution in [0.15, 0.2) is 30.6 Å². The zero-order valence-electron chi connectivity index (χ0n) is 13.3. The maximum Gasteiger partial charge on any atom is 0.225 e. The highest BCUT2D eigenvalue weighted by atomic mass is 15.2. The topological polar surface area (TPSA) is 32.3 Å². The highest BCUT2D eigenvalue weighted by molar-refractivity contribution is 5.30. The van der Waals surface area contributed by atoms with Gasteiger partial charge in [-0.05, 0) is 63.1 Å². The largest absolute Gasteiger partial charge is 0.341 e. The standard InChI is InChI=1S/C18H26N4/c1-2-13-21(12-1)16-4-6-18(7-5-16)8-14-22(15-9-18)17-19-10-3-11-20-17/h3-4,6,10-11,16H,1-2,5,7-9,12-15H2. The van der Waals surface area contributed by atoms with Gasteiger partial charge in [0.05, 0.1) is 0 Å². The van der Waals surface area contributed by atoms with Gasteiger partial charge in [0.2, 0.25) is 5.95 Å². The van der Waals surface area contributed by atoms with Gasteiger partial charge >= 0.3 is 0 Å². The van der Waals surface area contributed by atoms with Gasteiger partial charge in [-0.1, -0.05) is 12.2 Å². The lowest BCUT2D eigenvalue weighted by Crippen LogP contribution is -2.43. The number of hydrogen-bond acceptors (Lipinski definition) is 4. The van der Waals surface area contributed by atoms with Crippen molar-refractivity contribution in [3.05, 3.63) is 30.6 Å². The summed E-state index contributed by atoms with van der Waals surface area (Å²) in [5, 5.41) is 0. The summed E-state index contributed by atoms with van der Waals surface area (Å²) in [6, 6.07) is 2.60. The first kappa shape index (κ1) is 14.2. The summed E-state index contributed by atoms with van der Waals surface area (Å²) in [4.78, 5) is 13.8. The number of anilines is 1. The summed E-state index contributed by atoms with van der Waals surface area (Å²) in [5.74, 6) is 0.895. The van der Waals surface area contributed by atoms with Crippen molar-refractivity contribution in [1.82, 2.24) is 14.9 Å². The monoisotopic (exact) mass is 298 g/mol. The molecule has 0 radical (unpaired) electrons. The van der Waals surface area contributed by atoms with Crippen LogP contribution in [0.1, 0.15) is 38.5 Å². The zero-order chi connectivity index (χ0) is 14.8. The van der Waals surface area contributed by atoms with Crippen LogP contribution in [-0.4, -0.2) is 47.1 Å². The number of aromatic nitrogens is 2. The molecule has 2 saturated heterocycles. The molecule has 0 N–H and O–H groups in total. The molecule has 1 aromatic heterocycles. The minimum atomic E-state index is 0.446. The molecule has 0 amide bonds. The second kappa shape index (κ2) is 5.99. The van der Waals surface area contributed by atoms with Crippen LogP contribution >= 0.6 is 0 Å². The van der Waals surface area contributed by atoms with Crippen LogP contribution < -0.4 is 4.90 Å². The molecule has 1 unspecified atom stereocenters. The van der Waals surface area contributed by atoms with Crippen molar-refractivity contribution in [2.24, 2.45) is 5.41 Å². The smallest absolute Gasteiger partial charge is 0.225 e. The number of rotatable bonds is 2. The van der Waals surface area contributed by atoms with Crippen LogP contribution in [0.5, 0.6) is 0 Å². The molecule has 22 heavy (non-hydrogen) atoms. The summed E-state index contributed by atoms with van der Waals surface area (Å²) in [6.07, 6.45) is 16.7. The lowest BCUT2D eigenvalue weighted by Gasteiger charge is -2.43. The number of hydrogen-bond donors (Lipinski definition) is 0. The third-order valence-electron chi connectivity index (χ3n) is 5.81. The average Bonchev–Trinajstić information content (AvgIpc) is 3.12. The van der Waals surface area contributed by atoms with E-state index in [2.05, 4.69) is 31.9 Å².